The maximum atomic E-state index is 5.88. The molecule has 0 radical (unpaired) electrons. The van der Waals surface area contributed by atoms with Gasteiger partial charge in [0.05, 0.1) is 25.3 Å². The van der Waals surface area contributed by atoms with Crippen molar-refractivity contribution in [3.63, 3.8) is 0 Å². The van der Waals surface area contributed by atoms with Gasteiger partial charge in [0.2, 0.25) is 0 Å². The Labute approximate surface area is 125 Å². The summed E-state index contributed by atoms with van der Waals surface area (Å²) >= 11 is 0. The number of nitrogens with one attached hydrogen (secondary N) is 1. The molecule has 1 atom stereocenters. The predicted octanol–water partition coefficient (Wildman–Crippen LogP) is 3.22. The lowest BCUT2D eigenvalue weighted by Gasteiger charge is -2.13. The zero-order valence-electron chi connectivity index (χ0n) is 12.5. The second kappa shape index (κ2) is 6.87. The van der Waals surface area contributed by atoms with Gasteiger partial charge in [-0.05, 0) is 25.5 Å². The van der Waals surface area contributed by atoms with Gasteiger partial charge in [0.25, 0.3) is 0 Å². The Morgan fingerprint density at radius 1 is 1.38 bits per heavy atom. The minimum absolute atomic E-state index is 0.543. The Kier molecular flexibility index (Phi) is 4.68. The first-order chi connectivity index (χ1) is 10.4. The highest BCUT2D eigenvalue weighted by molar-refractivity contribution is 5.81. The van der Waals surface area contributed by atoms with Gasteiger partial charge in [-0.25, -0.2) is 4.98 Å². The molecular weight excluding hydrogens is 264 g/mol. The highest BCUT2D eigenvalue weighted by Crippen LogP contribution is 2.22. The fourth-order valence-corrected chi connectivity index (χ4v) is 2.64. The number of hydrogen-bond acceptors (Lipinski definition) is 4. The van der Waals surface area contributed by atoms with Crippen molar-refractivity contribution in [2.75, 3.05) is 31.7 Å². The van der Waals surface area contributed by atoms with Gasteiger partial charge in [0, 0.05) is 30.0 Å². The standard InChI is InChI=1S/C17H22N2O2/c1-2-18-17-15(12-21-11-13-7-8-20-10-13)9-14-5-3-4-6-16(14)19-17/h3-6,9,13H,2,7-8,10-12H2,1H3,(H,18,19). The van der Waals surface area contributed by atoms with E-state index in [4.69, 9.17) is 14.5 Å². The van der Waals surface area contributed by atoms with E-state index in [0.29, 0.717) is 12.5 Å². The molecule has 1 aliphatic rings. The average molecular weight is 286 g/mol. The minimum Gasteiger partial charge on any atom is -0.381 e. The van der Waals surface area contributed by atoms with Crippen molar-refractivity contribution in [2.45, 2.75) is 20.0 Å². The molecule has 0 amide bonds. The summed E-state index contributed by atoms with van der Waals surface area (Å²) in [6, 6.07) is 10.4. The average Bonchev–Trinajstić information content (AvgIpc) is 3.01. The van der Waals surface area contributed by atoms with E-state index in [0.717, 1.165) is 55.1 Å². The van der Waals surface area contributed by atoms with Gasteiger partial charge in [-0.2, -0.15) is 0 Å². The molecule has 1 unspecified atom stereocenters. The molecule has 1 aromatic heterocycles. The van der Waals surface area contributed by atoms with Crippen LogP contribution in [0.2, 0.25) is 0 Å². The molecule has 2 aromatic rings. The van der Waals surface area contributed by atoms with Crippen molar-refractivity contribution >= 4 is 16.7 Å². The Hall–Kier alpha value is -1.65. The van der Waals surface area contributed by atoms with Crippen molar-refractivity contribution in [3.05, 3.63) is 35.9 Å². The molecule has 4 nitrogen and oxygen atoms in total. The van der Waals surface area contributed by atoms with Crippen LogP contribution in [0.15, 0.2) is 30.3 Å². The maximum Gasteiger partial charge on any atom is 0.132 e. The number of ether oxygens (including phenoxy) is 2. The van der Waals surface area contributed by atoms with E-state index in [1.54, 1.807) is 0 Å². The summed E-state index contributed by atoms with van der Waals surface area (Å²) in [5.74, 6) is 1.47. The number of rotatable bonds is 6. The number of aromatic nitrogens is 1. The number of nitrogens with zero attached hydrogens (tertiary/aromatic N) is 1. The van der Waals surface area contributed by atoms with Crippen LogP contribution < -0.4 is 5.32 Å². The van der Waals surface area contributed by atoms with Gasteiger partial charge >= 0.3 is 0 Å². The molecule has 0 saturated carbocycles. The topological polar surface area (TPSA) is 43.4 Å². The smallest absolute Gasteiger partial charge is 0.132 e. The van der Waals surface area contributed by atoms with Crippen molar-refractivity contribution in [3.8, 4) is 0 Å². The van der Waals surface area contributed by atoms with Crippen LogP contribution in [0.25, 0.3) is 10.9 Å². The first kappa shape index (κ1) is 14.3. The predicted molar refractivity (Wildman–Crippen MR) is 84.5 cm³/mol. The van der Waals surface area contributed by atoms with E-state index in [2.05, 4.69) is 24.4 Å². The molecule has 1 aliphatic heterocycles. The maximum absolute atomic E-state index is 5.88. The zero-order valence-corrected chi connectivity index (χ0v) is 12.5. The van der Waals surface area contributed by atoms with Crippen molar-refractivity contribution < 1.29 is 9.47 Å². The minimum atomic E-state index is 0.543. The molecule has 1 aromatic carbocycles. The Morgan fingerprint density at radius 2 is 2.29 bits per heavy atom. The first-order valence-electron chi connectivity index (χ1n) is 7.65. The number of fused-ring (bicyclic) bond motifs is 1. The van der Waals surface area contributed by atoms with E-state index in [9.17, 15) is 0 Å². The number of pyridine rings is 1. The Bertz CT molecular complexity index is 594. The molecule has 21 heavy (non-hydrogen) atoms. The fourth-order valence-electron chi connectivity index (χ4n) is 2.64. The third kappa shape index (κ3) is 3.52. The van der Waals surface area contributed by atoms with Gasteiger partial charge in [-0.15, -0.1) is 0 Å². The van der Waals surface area contributed by atoms with Gasteiger partial charge in [-0.3, -0.25) is 0 Å². The third-order valence-electron chi connectivity index (χ3n) is 3.78. The highest BCUT2D eigenvalue weighted by Gasteiger charge is 2.16. The summed E-state index contributed by atoms with van der Waals surface area (Å²) in [4.78, 5) is 4.70. The third-order valence-corrected chi connectivity index (χ3v) is 3.78. The molecule has 0 aliphatic carbocycles. The second-order valence-electron chi connectivity index (χ2n) is 5.46. The first-order valence-corrected chi connectivity index (χ1v) is 7.65. The molecule has 0 spiro atoms. The van der Waals surface area contributed by atoms with Crippen LogP contribution >= 0.6 is 0 Å². The summed E-state index contributed by atoms with van der Waals surface area (Å²) in [5, 5.41) is 4.49. The summed E-state index contributed by atoms with van der Waals surface area (Å²) < 4.78 is 11.3. The Balaban J connectivity index is 1.73. The van der Waals surface area contributed by atoms with Crippen LogP contribution in [-0.2, 0) is 16.1 Å². The normalized spacial score (nSPS) is 18.2. The molecule has 112 valence electrons. The van der Waals surface area contributed by atoms with Gasteiger partial charge < -0.3 is 14.8 Å². The quantitative estimate of drug-likeness (QED) is 0.885. The van der Waals surface area contributed by atoms with Gasteiger partial charge in [-0.1, -0.05) is 18.2 Å². The molecule has 1 saturated heterocycles. The van der Waals surface area contributed by atoms with Gasteiger partial charge in [0.1, 0.15) is 5.82 Å². The van der Waals surface area contributed by atoms with Crippen LogP contribution in [0.3, 0.4) is 0 Å². The second-order valence-corrected chi connectivity index (χ2v) is 5.46. The van der Waals surface area contributed by atoms with Crippen LogP contribution in [0.5, 0.6) is 0 Å². The van der Waals surface area contributed by atoms with E-state index < -0.39 is 0 Å². The number of para-hydroxylation sites is 1. The summed E-state index contributed by atoms with van der Waals surface area (Å²) in [6.45, 7) is 5.99. The zero-order chi connectivity index (χ0) is 14.5. The largest absolute Gasteiger partial charge is 0.381 e. The molecule has 3 rings (SSSR count). The fraction of sp³-hybridized carbons (Fsp3) is 0.471. The lowest BCUT2D eigenvalue weighted by atomic mass is 10.1. The van der Waals surface area contributed by atoms with Crippen molar-refractivity contribution in [1.82, 2.24) is 4.98 Å². The van der Waals surface area contributed by atoms with Crippen molar-refractivity contribution in [2.24, 2.45) is 5.92 Å². The highest BCUT2D eigenvalue weighted by atomic mass is 16.5. The van der Waals surface area contributed by atoms with E-state index in [1.165, 1.54) is 0 Å². The van der Waals surface area contributed by atoms with Crippen LogP contribution in [0.4, 0.5) is 5.82 Å². The van der Waals surface area contributed by atoms with E-state index in [1.807, 2.05) is 18.2 Å². The van der Waals surface area contributed by atoms with E-state index in [-0.39, 0.29) is 0 Å². The molecule has 2 heterocycles. The monoisotopic (exact) mass is 286 g/mol. The molecule has 1 N–H and O–H groups in total. The Morgan fingerprint density at radius 3 is 3.10 bits per heavy atom. The summed E-state index contributed by atoms with van der Waals surface area (Å²) in [6.07, 6.45) is 1.11. The molecule has 0 bridgehead atoms. The van der Waals surface area contributed by atoms with Crippen LogP contribution in [0.1, 0.15) is 18.9 Å². The number of benzene rings is 1. The summed E-state index contributed by atoms with van der Waals surface area (Å²) in [7, 11) is 0. The molecular formula is C17H22N2O2. The molecule has 4 heteroatoms. The van der Waals surface area contributed by atoms with Crippen molar-refractivity contribution in [1.29, 1.82) is 0 Å². The SMILES string of the molecule is CCNc1nc2ccccc2cc1COCC1CCOC1. The van der Waals surface area contributed by atoms with E-state index >= 15 is 0 Å². The molecule has 1 fully saturated rings. The summed E-state index contributed by atoms with van der Waals surface area (Å²) in [5.41, 5.74) is 2.14. The number of hydrogen-bond donors (Lipinski definition) is 1. The number of anilines is 1. The van der Waals surface area contributed by atoms with Crippen LogP contribution in [-0.4, -0.2) is 31.3 Å². The van der Waals surface area contributed by atoms with Crippen LogP contribution in [0, 0.1) is 5.92 Å². The lowest BCUT2D eigenvalue weighted by molar-refractivity contribution is 0.0793. The van der Waals surface area contributed by atoms with Gasteiger partial charge in [0.15, 0.2) is 0 Å². The lowest BCUT2D eigenvalue weighted by Crippen LogP contribution is -2.11.